The molecular formula is C17H16FNOS. The van der Waals surface area contributed by atoms with Crippen molar-refractivity contribution in [3.8, 4) is 11.1 Å². The summed E-state index contributed by atoms with van der Waals surface area (Å²) >= 11 is 1.58. The van der Waals surface area contributed by atoms with E-state index < -0.39 is 0 Å². The van der Waals surface area contributed by atoms with Crippen LogP contribution in [0.3, 0.4) is 0 Å². The van der Waals surface area contributed by atoms with Gasteiger partial charge in [-0.2, -0.15) is 0 Å². The fourth-order valence-corrected chi connectivity index (χ4v) is 3.59. The van der Waals surface area contributed by atoms with Gasteiger partial charge in [-0.15, -0.1) is 11.3 Å². The van der Waals surface area contributed by atoms with Crippen molar-refractivity contribution in [2.45, 2.75) is 26.7 Å². The largest absolute Gasteiger partial charge is 0.271 e. The number of aromatic nitrogens is 1. The van der Waals surface area contributed by atoms with E-state index in [9.17, 15) is 9.18 Å². The van der Waals surface area contributed by atoms with E-state index >= 15 is 0 Å². The van der Waals surface area contributed by atoms with Crippen molar-refractivity contribution in [1.29, 1.82) is 0 Å². The Labute approximate surface area is 126 Å². The predicted molar refractivity (Wildman–Crippen MR) is 85.7 cm³/mol. The Morgan fingerprint density at radius 2 is 1.95 bits per heavy atom. The zero-order valence-electron chi connectivity index (χ0n) is 12.0. The minimum absolute atomic E-state index is 0.0127. The number of hydrogen-bond acceptors (Lipinski definition) is 2. The van der Waals surface area contributed by atoms with Crippen molar-refractivity contribution in [2.24, 2.45) is 0 Å². The first-order chi connectivity index (χ1) is 10.1. The average Bonchev–Trinajstić information content (AvgIpc) is 2.83. The van der Waals surface area contributed by atoms with Crippen LogP contribution in [0.1, 0.15) is 24.6 Å². The molecule has 21 heavy (non-hydrogen) atoms. The lowest BCUT2D eigenvalue weighted by molar-refractivity contribution is 0.628. The zero-order valence-corrected chi connectivity index (χ0v) is 12.8. The molecule has 0 spiro atoms. The van der Waals surface area contributed by atoms with E-state index in [2.05, 4.69) is 13.0 Å². The number of benzene rings is 1. The van der Waals surface area contributed by atoms with Gasteiger partial charge in [-0.05, 0) is 42.7 Å². The van der Waals surface area contributed by atoms with Gasteiger partial charge in [-0.3, -0.25) is 9.20 Å². The van der Waals surface area contributed by atoms with Crippen LogP contribution in [-0.2, 0) is 6.42 Å². The second kappa shape index (κ2) is 5.45. The first kappa shape index (κ1) is 14.0. The Hall–Kier alpha value is -1.94. The summed E-state index contributed by atoms with van der Waals surface area (Å²) in [6, 6.07) is 8.25. The number of thiazole rings is 1. The maximum absolute atomic E-state index is 13.1. The third-order valence-electron chi connectivity index (χ3n) is 3.61. The summed E-state index contributed by atoms with van der Waals surface area (Å²) in [4.78, 5) is 13.8. The fraction of sp³-hybridized carbons (Fsp3) is 0.235. The maximum Gasteiger partial charge on any atom is 0.264 e. The van der Waals surface area contributed by atoms with E-state index in [-0.39, 0.29) is 11.4 Å². The highest BCUT2D eigenvalue weighted by Gasteiger charge is 2.14. The minimum Gasteiger partial charge on any atom is -0.271 e. The van der Waals surface area contributed by atoms with Crippen molar-refractivity contribution in [2.75, 3.05) is 0 Å². The zero-order chi connectivity index (χ0) is 15.0. The third-order valence-corrected chi connectivity index (χ3v) is 4.61. The molecule has 1 aromatic carbocycles. The molecule has 2 nitrogen and oxygen atoms in total. The quantitative estimate of drug-likeness (QED) is 0.701. The first-order valence-corrected chi connectivity index (χ1v) is 7.88. The second-order valence-electron chi connectivity index (χ2n) is 5.16. The second-order valence-corrected chi connectivity index (χ2v) is 6.05. The van der Waals surface area contributed by atoms with Crippen molar-refractivity contribution in [1.82, 2.24) is 4.40 Å². The van der Waals surface area contributed by atoms with Crippen molar-refractivity contribution in [3.63, 3.8) is 0 Å². The normalized spacial score (nSPS) is 11.2. The molecule has 3 aromatic rings. The number of pyridine rings is 1. The minimum atomic E-state index is -0.288. The first-order valence-electron chi connectivity index (χ1n) is 7.00. The van der Waals surface area contributed by atoms with Gasteiger partial charge in [-0.25, -0.2) is 4.39 Å². The molecule has 0 amide bonds. The lowest BCUT2D eigenvalue weighted by Gasteiger charge is -2.10. The van der Waals surface area contributed by atoms with E-state index in [4.69, 9.17) is 0 Å². The van der Waals surface area contributed by atoms with E-state index in [0.29, 0.717) is 5.56 Å². The molecule has 3 rings (SSSR count). The summed E-state index contributed by atoms with van der Waals surface area (Å²) in [6.45, 7) is 4.02. The van der Waals surface area contributed by atoms with Crippen molar-refractivity contribution in [3.05, 3.63) is 63.1 Å². The van der Waals surface area contributed by atoms with Crippen LogP contribution in [0.2, 0.25) is 0 Å². The Kier molecular flexibility index (Phi) is 3.64. The molecule has 0 aliphatic rings. The molecule has 0 aliphatic carbocycles. The van der Waals surface area contributed by atoms with Gasteiger partial charge in [0.1, 0.15) is 10.6 Å². The summed E-state index contributed by atoms with van der Waals surface area (Å²) < 4.78 is 14.9. The molecule has 0 fully saturated rings. The number of fused-ring (bicyclic) bond motifs is 1. The summed E-state index contributed by atoms with van der Waals surface area (Å²) in [5, 5.41) is 1.99. The van der Waals surface area contributed by atoms with Gasteiger partial charge in [-0.1, -0.05) is 25.5 Å². The predicted octanol–water partition coefficient (Wildman–Crippen LogP) is 4.43. The van der Waals surface area contributed by atoms with Crippen molar-refractivity contribution < 1.29 is 4.39 Å². The number of halogens is 1. The monoisotopic (exact) mass is 301 g/mol. The molecule has 0 aliphatic heterocycles. The lowest BCUT2D eigenvalue weighted by Crippen LogP contribution is -2.18. The molecule has 2 aromatic heterocycles. The van der Waals surface area contributed by atoms with Gasteiger partial charge in [0.25, 0.3) is 5.56 Å². The highest BCUT2D eigenvalue weighted by atomic mass is 32.1. The Morgan fingerprint density at radius 1 is 1.24 bits per heavy atom. The molecule has 0 radical (unpaired) electrons. The maximum atomic E-state index is 13.1. The van der Waals surface area contributed by atoms with E-state index in [1.165, 1.54) is 12.1 Å². The van der Waals surface area contributed by atoms with Crippen molar-refractivity contribution >= 4 is 16.2 Å². The average molecular weight is 301 g/mol. The van der Waals surface area contributed by atoms with E-state index in [1.807, 2.05) is 12.3 Å². The van der Waals surface area contributed by atoms with Crippen LogP contribution in [0, 0.1) is 12.7 Å². The van der Waals surface area contributed by atoms with Crippen LogP contribution < -0.4 is 5.56 Å². The Morgan fingerprint density at radius 3 is 2.62 bits per heavy atom. The smallest absolute Gasteiger partial charge is 0.264 e. The van der Waals surface area contributed by atoms with Gasteiger partial charge in [0.15, 0.2) is 0 Å². The summed E-state index contributed by atoms with van der Waals surface area (Å²) in [5.74, 6) is -0.288. The van der Waals surface area contributed by atoms with Gasteiger partial charge < -0.3 is 0 Å². The topological polar surface area (TPSA) is 21.5 Å². The summed E-state index contributed by atoms with van der Waals surface area (Å²) in [5.41, 5.74) is 3.43. The highest BCUT2D eigenvalue weighted by Crippen LogP contribution is 2.25. The molecular weight excluding hydrogens is 285 g/mol. The standard InChI is InChI=1S/C17H16FNOS/c1-3-4-13-9-15-19(11(2)10-21-15)17(20)16(13)12-5-7-14(18)8-6-12/h5-10H,3-4H2,1-2H3. The lowest BCUT2D eigenvalue weighted by atomic mass is 9.98. The van der Waals surface area contributed by atoms with Crippen LogP contribution >= 0.6 is 11.3 Å². The molecule has 0 bridgehead atoms. The van der Waals surface area contributed by atoms with Crippen LogP contribution in [0.5, 0.6) is 0 Å². The number of aryl methyl sites for hydroxylation is 2. The van der Waals surface area contributed by atoms with E-state index in [1.54, 1.807) is 27.9 Å². The number of rotatable bonds is 3. The van der Waals surface area contributed by atoms with Crippen LogP contribution in [-0.4, -0.2) is 4.40 Å². The molecule has 0 saturated carbocycles. The number of hydrogen-bond donors (Lipinski definition) is 0. The molecule has 0 atom stereocenters. The Bertz CT molecular complexity index is 846. The molecule has 4 heteroatoms. The molecule has 2 heterocycles. The highest BCUT2D eigenvalue weighted by molar-refractivity contribution is 7.15. The van der Waals surface area contributed by atoms with Gasteiger partial charge in [0, 0.05) is 11.1 Å². The third kappa shape index (κ3) is 2.40. The number of nitrogens with zero attached hydrogens (tertiary/aromatic N) is 1. The van der Waals surface area contributed by atoms with Gasteiger partial charge in [0.05, 0.1) is 5.56 Å². The van der Waals surface area contributed by atoms with Crippen LogP contribution in [0.25, 0.3) is 16.0 Å². The Balaban J connectivity index is 2.35. The molecule has 108 valence electrons. The SMILES string of the molecule is CCCc1cc2scc(C)n2c(=O)c1-c1ccc(F)cc1. The molecule has 0 saturated heterocycles. The molecule has 0 N–H and O–H groups in total. The van der Waals surface area contributed by atoms with E-state index in [0.717, 1.165) is 34.5 Å². The summed E-state index contributed by atoms with van der Waals surface area (Å²) in [7, 11) is 0. The fourth-order valence-electron chi connectivity index (χ4n) is 2.65. The molecule has 0 unspecified atom stereocenters. The van der Waals surface area contributed by atoms with Gasteiger partial charge in [0.2, 0.25) is 0 Å². The summed E-state index contributed by atoms with van der Waals surface area (Å²) in [6.07, 6.45) is 1.81. The van der Waals surface area contributed by atoms with Crippen LogP contribution in [0.15, 0.2) is 40.5 Å². The van der Waals surface area contributed by atoms with Crippen LogP contribution in [0.4, 0.5) is 4.39 Å². The van der Waals surface area contributed by atoms with Gasteiger partial charge >= 0.3 is 0 Å².